The van der Waals surface area contributed by atoms with Crippen molar-refractivity contribution in [3.63, 3.8) is 0 Å². The second-order valence-electron chi connectivity index (χ2n) is 4.59. The van der Waals surface area contributed by atoms with Crippen molar-refractivity contribution < 1.29 is 0 Å². The van der Waals surface area contributed by atoms with Crippen LogP contribution in [0.3, 0.4) is 0 Å². The highest BCUT2D eigenvalue weighted by molar-refractivity contribution is 7.16. The summed E-state index contributed by atoms with van der Waals surface area (Å²) in [6.45, 7) is 0. The Morgan fingerprint density at radius 3 is 2.53 bits per heavy atom. The average molecular weight is 311 g/mol. The van der Waals surface area contributed by atoms with Gasteiger partial charge in [0, 0.05) is 21.5 Å². The highest BCUT2D eigenvalue weighted by atomic mass is 35.5. The maximum atomic E-state index is 6.02. The molecule has 19 heavy (non-hydrogen) atoms. The standard InChI is InChI=1S/C12H8Cl2N4S/c13-8-3-7(4-9(14)5-8)10-15-16-12-18(10)17-11(19-12)6-1-2-6/h3-6H,1-2H2. The van der Waals surface area contributed by atoms with Crippen molar-refractivity contribution in [2.75, 3.05) is 0 Å². The zero-order valence-electron chi connectivity index (χ0n) is 9.68. The van der Waals surface area contributed by atoms with Crippen molar-refractivity contribution in [1.29, 1.82) is 0 Å². The van der Waals surface area contributed by atoms with Gasteiger partial charge in [0.1, 0.15) is 5.01 Å². The minimum atomic E-state index is 0.580. The van der Waals surface area contributed by atoms with Crippen LogP contribution in [0, 0.1) is 0 Å². The van der Waals surface area contributed by atoms with E-state index in [1.54, 1.807) is 21.9 Å². The van der Waals surface area contributed by atoms with E-state index in [9.17, 15) is 0 Å². The van der Waals surface area contributed by atoms with Gasteiger partial charge < -0.3 is 0 Å². The molecule has 4 nitrogen and oxygen atoms in total. The predicted octanol–water partition coefficient (Wildman–Crippen LogP) is 4.04. The first-order valence-corrected chi connectivity index (χ1v) is 7.46. The molecule has 1 aliphatic rings. The molecule has 0 atom stereocenters. The largest absolute Gasteiger partial charge is 0.234 e. The minimum absolute atomic E-state index is 0.580. The highest BCUT2D eigenvalue weighted by Gasteiger charge is 2.28. The third-order valence-electron chi connectivity index (χ3n) is 3.05. The maximum absolute atomic E-state index is 6.02. The molecule has 2 aromatic heterocycles. The first-order valence-electron chi connectivity index (χ1n) is 5.89. The molecule has 1 aliphatic carbocycles. The number of hydrogen-bond donors (Lipinski definition) is 0. The molecule has 4 rings (SSSR count). The number of hydrogen-bond acceptors (Lipinski definition) is 4. The molecule has 0 unspecified atom stereocenters. The minimum Gasteiger partial charge on any atom is -0.183 e. The van der Waals surface area contributed by atoms with Gasteiger partial charge in [-0.1, -0.05) is 34.5 Å². The van der Waals surface area contributed by atoms with Gasteiger partial charge in [-0.3, -0.25) is 0 Å². The Bertz CT molecular complexity index is 755. The van der Waals surface area contributed by atoms with Crippen LogP contribution in [0.25, 0.3) is 16.3 Å². The van der Waals surface area contributed by atoms with Crippen LogP contribution in [0.15, 0.2) is 18.2 Å². The maximum Gasteiger partial charge on any atom is 0.234 e. The molecule has 1 fully saturated rings. The van der Waals surface area contributed by atoms with Gasteiger partial charge in [-0.25, -0.2) is 0 Å². The van der Waals surface area contributed by atoms with Crippen LogP contribution in [-0.2, 0) is 0 Å². The molecule has 0 amide bonds. The summed E-state index contributed by atoms with van der Waals surface area (Å²) in [6, 6.07) is 5.33. The molecular formula is C12H8Cl2N4S. The van der Waals surface area contributed by atoms with E-state index < -0.39 is 0 Å². The van der Waals surface area contributed by atoms with Crippen molar-refractivity contribution in [2.24, 2.45) is 0 Å². The van der Waals surface area contributed by atoms with E-state index in [0.29, 0.717) is 21.8 Å². The van der Waals surface area contributed by atoms with Gasteiger partial charge in [-0.05, 0) is 31.0 Å². The third kappa shape index (κ3) is 2.02. The lowest BCUT2D eigenvalue weighted by Gasteiger charge is -1.99. The van der Waals surface area contributed by atoms with Crippen LogP contribution in [0.2, 0.25) is 10.0 Å². The van der Waals surface area contributed by atoms with Crippen LogP contribution in [-0.4, -0.2) is 19.8 Å². The summed E-state index contributed by atoms with van der Waals surface area (Å²) >= 11 is 13.7. The molecule has 3 aromatic rings. The van der Waals surface area contributed by atoms with Gasteiger partial charge >= 0.3 is 0 Å². The van der Waals surface area contributed by atoms with Crippen molar-refractivity contribution >= 4 is 39.5 Å². The van der Waals surface area contributed by atoms with Crippen LogP contribution >= 0.6 is 34.5 Å². The molecule has 1 saturated carbocycles. The van der Waals surface area contributed by atoms with E-state index in [0.717, 1.165) is 15.5 Å². The number of aromatic nitrogens is 4. The van der Waals surface area contributed by atoms with E-state index in [1.807, 2.05) is 12.1 Å². The number of benzene rings is 1. The Morgan fingerprint density at radius 2 is 1.84 bits per heavy atom. The summed E-state index contributed by atoms with van der Waals surface area (Å²) in [7, 11) is 0. The fourth-order valence-corrected chi connectivity index (χ4v) is 3.52. The van der Waals surface area contributed by atoms with E-state index >= 15 is 0 Å². The van der Waals surface area contributed by atoms with Crippen LogP contribution < -0.4 is 0 Å². The normalized spacial score (nSPS) is 15.3. The van der Waals surface area contributed by atoms with Crippen molar-refractivity contribution in [2.45, 2.75) is 18.8 Å². The van der Waals surface area contributed by atoms with Gasteiger partial charge in [0.15, 0.2) is 5.82 Å². The Hall–Kier alpha value is -1.17. The van der Waals surface area contributed by atoms with Gasteiger partial charge in [-0.15, -0.1) is 10.2 Å². The molecular weight excluding hydrogens is 303 g/mol. The summed E-state index contributed by atoms with van der Waals surface area (Å²) in [6.07, 6.45) is 2.45. The van der Waals surface area contributed by atoms with Gasteiger partial charge in [0.25, 0.3) is 0 Å². The Balaban J connectivity index is 1.89. The zero-order valence-corrected chi connectivity index (χ0v) is 12.0. The van der Waals surface area contributed by atoms with Gasteiger partial charge in [0.05, 0.1) is 0 Å². The van der Waals surface area contributed by atoms with E-state index in [1.165, 1.54) is 12.8 Å². The summed E-state index contributed by atoms with van der Waals surface area (Å²) in [5, 5.41) is 15.2. The Kier molecular flexibility index (Phi) is 2.55. The smallest absolute Gasteiger partial charge is 0.183 e. The molecule has 1 aromatic carbocycles. The fraction of sp³-hybridized carbons (Fsp3) is 0.250. The van der Waals surface area contributed by atoms with Crippen LogP contribution in [0.5, 0.6) is 0 Å². The highest BCUT2D eigenvalue weighted by Crippen LogP contribution is 2.42. The van der Waals surface area contributed by atoms with Crippen LogP contribution in [0.1, 0.15) is 23.8 Å². The summed E-state index contributed by atoms with van der Waals surface area (Å²) < 4.78 is 1.78. The first-order chi connectivity index (χ1) is 9.20. The monoisotopic (exact) mass is 310 g/mol. The van der Waals surface area contributed by atoms with Crippen molar-refractivity contribution in [3.8, 4) is 11.4 Å². The number of halogens is 2. The van der Waals surface area contributed by atoms with Gasteiger partial charge in [-0.2, -0.15) is 9.61 Å². The van der Waals surface area contributed by atoms with Gasteiger partial charge in [0.2, 0.25) is 4.96 Å². The summed E-state index contributed by atoms with van der Waals surface area (Å²) in [5.74, 6) is 1.30. The number of fused-ring (bicyclic) bond motifs is 1. The SMILES string of the molecule is Clc1cc(Cl)cc(-c2nnc3sc(C4CC4)nn23)c1. The summed E-state index contributed by atoms with van der Waals surface area (Å²) in [4.78, 5) is 0.813. The van der Waals surface area contributed by atoms with E-state index in [-0.39, 0.29) is 0 Å². The molecule has 0 spiro atoms. The second-order valence-corrected chi connectivity index (χ2v) is 6.45. The topological polar surface area (TPSA) is 43.1 Å². The number of rotatable bonds is 2. The fourth-order valence-electron chi connectivity index (χ4n) is 1.99. The lowest BCUT2D eigenvalue weighted by molar-refractivity contribution is 0.902. The molecule has 2 heterocycles. The lowest BCUT2D eigenvalue weighted by atomic mass is 10.2. The lowest BCUT2D eigenvalue weighted by Crippen LogP contribution is -1.91. The van der Waals surface area contributed by atoms with Crippen molar-refractivity contribution in [3.05, 3.63) is 33.3 Å². The molecule has 7 heteroatoms. The van der Waals surface area contributed by atoms with E-state index in [4.69, 9.17) is 23.2 Å². The molecule has 0 N–H and O–H groups in total. The third-order valence-corrected chi connectivity index (χ3v) is 4.55. The summed E-state index contributed by atoms with van der Waals surface area (Å²) in [5.41, 5.74) is 0.831. The molecule has 0 radical (unpaired) electrons. The Morgan fingerprint density at radius 1 is 1.11 bits per heavy atom. The van der Waals surface area contributed by atoms with E-state index in [2.05, 4.69) is 15.3 Å². The zero-order chi connectivity index (χ0) is 13.0. The van der Waals surface area contributed by atoms with Crippen molar-refractivity contribution in [1.82, 2.24) is 19.8 Å². The number of nitrogens with zero attached hydrogens (tertiary/aromatic N) is 4. The molecule has 0 saturated heterocycles. The first kappa shape index (κ1) is 11.6. The average Bonchev–Trinajstić information content (AvgIpc) is 2.98. The Labute approximate surface area is 123 Å². The molecule has 0 bridgehead atoms. The predicted molar refractivity (Wildman–Crippen MR) is 76.1 cm³/mol. The molecule has 0 aliphatic heterocycles. The quantitative estimate of drug-likeness (QED) is 0.717. The molecule has 96 valence electrons. The van der Waals surface area contributed by atoms with Crippen LogP contribution in [0.4, 0.5) is 0 Å². The second kappa shape index (κ2) is 4.16.